The summed E-state index contributed by atoms with van der Waals surface area (Å²) in [7, 11) is 3.80. The number of nitro groups is 1. The Kier molecular flexibility index (Phi) is 5.52. The van der Waals surface area contributed by atoms with Gasteiger partial charge in [-0.15, -0.1) is 0 Å². The van der Waals surface area contributed by atoms with E-state index in [-0.39, 0.29) is 10.6 Å². The van der Waals surface area contributed by atoms with Gasteiger partial charge in [-0.3, -0.25) is 10.1 Å². The highest BCUT2D eigenvalue weighted by Crippen LogP contribution is 2.28. The van der Waals surface area contributed by atoms with E-state index in [0.717, 1.165) is 18.7 Å². The summed E-state index contributed by atoms with van der Waals surface area (Å²) in [5, 5.41) is 14.0. The zero-order chi connectivity index (χ0) is 15.2. The number of likely N-dealkylation sites (tertiary alicyclic amines) is 1. The number of hydrogen-bond donors (Lipinski definition) is 1. The molecule has 21 heavy (non-hydrogen) atoms. The fourth-order valence-electron chi connectivity index (χ4n) is 2.85. The lowest BCUT2D eigenvalue weighted by molar-refractivity contribution is -0.384. The van der Waals surface area contributed by atoms with Gasteiger partial charge in [0.15, 0.2) is 0 Å². The first-order chi connectivity index (χ1) is 10.1. The average Bonchev–Trinajstić information content (AvgIpc) is 2.98. The van der Waals surface area contributed by atoms with Crippen molar-refractivity contribution in [2.75, 3.05) is 45.6 Å². The minimum Gasteiger partial charge on any atom is -0.382 e. The first-order valence-electron chi connectivity index (χ1n) is 7.46. The van der Waals surface area contributed by atoms with Gasteiger partial charge in [0.05, 0.1) is 4.92 Å². The highest BCUT2D eigenvalue weighted by Gasteiger charge is 2.17. The fourth-order valence-corrected chi connectivity index (χ4v) is 2.85. The number of nitro benzene ring substituents is 1. The van der Waals surface area contributed by atoms with Crippen LogP contribution in [0.2, 0.25) is 0 Å². The number of rotatable bonds is 7. The van der Waals surface area contributed by atoms with Gasteiger partial charge in [-0.1, -0.05) is 12.1 Å². The summed E-state index contributed by atoms with van der Waals surface area (Å²) in [6.45, 7) is 5.16. The predicted molar refractivity (Wildman–Crippen MR) is 84.7 cm³/mol. The Morgan fingerprint density at radius 3 is 2.71 bits per heavy atom. The maximum absolute atomic E-state index is 11.1. The molecule has 1 aliphatic heterocycles. The van der Waals surface area contributed by atoms with E-state index in [9.17, 15) is 10.1 Å². The SMILES string of the molecule is CNc1c(CN(C)CCN2CCCC2)cccc1[N+](=O)[O-]. The Hall–Kier alpha value is -1.66. The summed E-state index contributed by atoms with van der Waals surface area (Å²) in [5.41, 5.74) is 1.73. The van der Waals surface area contributed by atoms with Crippen LogP contribution in [0.15, 0.2) is 18.2 Å². The van der Waals surface area contributed by atoms with Crippen LogP contribution in [-0.4, -0.2) is 55.0 Å². The van der Waals surface area contributed by atoms with Gasteiger partial charge >= 0.3 is 0 Å². The quantitative estimate of drug-likeness (QED) is 0.616. The Labute approximate surface area is 125 Å². The number of hydrogen-bond acceptors (Lipinski definition) is 5. The van der Waals surface area contributed by atoms with Crippen LogP contribution in [0, 0.1) is 10.1 Å². The summed E-state index contributed by atoms with van der Waals surface area (Å²) in [6, 6.07) is 5.24. The van der Waals surface area contributed by atoms with Crippen LogP contribution in [0.4, 0.5) is 11.4 Å². The van der Waals surface area contributed by atoms with E-state index in [1.165, 1.54) is 25.9 Å². The number of nitrogens with one attached hydrogen (secondary N) is 1. The largest absolute Gasteiger partial charge is 0.382 e. The lowest BCUT2D eigenvalue weighted by Gasteiger charge is -2.22. The van der Waals surface area contributed by atoms with E-state index in [1.807, 2.05) is 6.07 Å². The van der Waals surface area contributed by atoms with Gasteiger partial charge in [-0.2, -0.15) is 0 Å². The summed E-state index contributed by atoms with van der Waals surface area (Å²) < 4.78 is 0. The van der Waals surface area contributed by atoms with E-state index in [2.05, 4.69) is 22.2 Å². The number of likely N-dealkylation sites (N-methyl/N-ethyl adjacent to an activating group) is 1. The molecule has 0 atom stereocenters. The molecule has 0 bridgehead atoms. The minimum atomic E-state index is -0.334. The smallest absolute Gasteiger partial charge is 0.292 e. The molecule has 1 heterocycles. The van der Waals surface area contributed by atoms with E-state index < -0.39 is 0 Å². The fraction of sp³-hybridized carbons (Fsp3) is 0.600. The number of para-hydroxylation sites is 1. The van der Waals surface area contributed by atoms with Gasteiger partial charge < -0.3 is 15.1 Å². The molecule has 0 aliphatic carbocycles. The summed E-state index contributed by atoms with van der Waals surface area (Å²) >= 11 is 0. The van der Waals surface area contributed by atoms with Crippen molar-refractivity contribution in [3.63, 3.8) is 0 Å². The molecule has 6 nitrogen and oxygen atoms in total. The summed E-state index contributed by atoms with van der Waals surface area (Å²) in [4.78, 5) is 15.4. The van der Waals surface area contributed by atoms with Gasteiger partial charge in [0, 0.05) is 32.7 Å². The van der Waals surface area contributed by atoms with Crippen LogP contribution in [0.1, 0.15) is 18.4 Å². The molecule has 0 saturated carbocycles. The standard InChI is InChI=1S/C15H24N4O2/c1-16-15-13(6-5-7-14(15)19(20)21)12-17(2)10-11-18-8-3-4-9-18/h5-7,16H,3-4,8-12H2,1-2H3. The summed E-state index contributed by atoms with van der Waals surface area (Å²) in [5.74, 6) is 0. The predicted octanol–water partition coefficient (Wildman–Crippen LogP) is 2.16. The molecule has 1 aliphatic rings. The molecule has 6 heteroatoms. The highest BCUT2D eigenvalue weighted by atomic mass is 16.6. The number of anilines is 1. The average molecular weight is 292 g/mol. The van der Waals surface area contributed by atoms with Gasteiger partial charge in [0.1, 0.15) is 5.69 Å². The second-order valence-electron chi connectivity index (χ2n) is 5.60. The van der Waals surface area contributed by atoms with Crippen molar-refractivity contribution < 1.29 is 4.92 Å². The first-order valence-corrected chi connectivity index (χ1v) is 7.46. The molecule has 0 unspecified atom stereocenters. The Morgan fingerprint density at radius 2 is 2.10 bits per heavy atom. The van der Waals surface area contributed by atoms with Crippen molar-refractivity contribution >= 4 is 11.4 Å². The maximum atomic E-state index is 11.1. The zero-order valence-corrected chi connectivity index (χ0v) is 12.8. The molecule has 116 valence electrons. The van der Waals surface area contributed by atoms with Gasteiger partial charge in [0.25, 0.3) is 5.69 Å². The van der Waals surface area contributed by atoms with Crippen molar-refractivity contribution in [3.05, 3.63) is 33.9 Å². The van der Waals surface area contributed by atoms with E-state index >= 15 is 0 Å². The van der Waals surface area contributed by atoms with Crippen LogP contribution in [-0.2, 0) is 6.54 Å². The van der Waals surface area contributed by atoms with Crippen LogP contribution < -0.4 is 5.32 Å². The molecule has 0 spiro atoms. The van der Waals surface area contributed by atoms with Gasteiger partial charge in [-0.25, -0.2) is 0 Å². The Morgan fingerprint density at radius 1 is 1.38 bits per heavy atom. The van der Waals surface area contributed by atoms with Gasteiger partial charge in [-0.05, 0) is 38.5 Å². The lowest BCUT2D eigenvalue weighted by Crippen LogP contribution is -2.31. The van der Waals surface area contributed by atoms with Crippen LogP contribution >= 0.6 is 0 Å². The lowest BCUT2D eigenvalue weighted by atomic mass is 10.1. The third-order valence-corrected chi connectivity index (χ3v) is 4.01. The number of nitrogens with zero attached hydrogens (tertiary/aromatic N) is 3. The van der Waals surface area contributed by atoms with E-state index in [1.54, 1.807) is 19.2 Å². The molecule has 1 fully saturated rings. The molecule has 0 amide bonds. The van der Waals surface area contributed by atoms with Crippen molar-refractivity contribution in [2.24, 2.45) is 0 Å². The molecular formula is C15H24N4O2. The third-order valence-electron chi connectivity index (χ3n) is 4.01. The summed E-state index contributed by atoms with van der Waals surface area (Å²) in [6.07, 6.45) is 2.61. The molecule has 1 aromatic carbocycles. The molecule has 0 radical (unpaired) electrons. The van der Waals surface area contributed by atoms with Crippen LogP contribution in [0.5, 0.6) is 0 Å². The molecule has 1 aromatic rings. The third kappa shape index (κ3) is 4.15. The minimum absolute atomic E-state index is 0.142. The Bertz CT molecular complexity index is 487. The van der Waals surface area contributed by atoms with E-state index in [0.29, 0.717) is 12.2 Å². The highest BCUT2D eigenvalue weighted by molar-refractivity contribution is 5.66. The zero-order valence-electron chi connectivity index (χ0n) is 12.8. The van der Waals surface area contributed by atoms with Crippen molar-refractivity contribution in [3.8, 4) is 0 Å². The van der Waals surface area contributed by atoms with Gasteiger partial charge in [0.2, 0.25) is 0 Å². The van der Waals surface area contributed by atoms with E-state index in [4.69, 9.17) is 0 Å². The molecular weight excluding hydrogens is 268 g/mol. The topological polar surface area (TPSA) is 61.6 Å². The molecule has 1 saturated heterocycles. The van der Waals surface area contributed by atoms with Crippen LogP contribution in [0.25, 0.3) is 0 Å². The molecule has 1 N–H and O–H groups in total. The monoisotopic (exact) mass is 292 g/mol. The van der Waals surface area contributed by atoms with Crippen molar-refractivity contribution in [1.29, 1.82) is 0 Å². The normalized spacial score (nSPS) is 15.6. The molecule has 2 rings (SSSR count). The Balaban J connectivity index is 1.97. The van der Waals surface area contributed by atoms with Crippen molar-refractivity contribution in [2.45, 2.75) is 19.4 Å². The second-order valence-corrected chi connectivity index (χ2v) is 5.60. The first kappa shape index (κ1) is 15.7. The second kappa shape index (κ2) is 7.38. The molecule has 0 aromatic heterocycles. The maximum Gasteiger partial charge on any atom is 0.292 e. The van der Waals surface area contributed by atoms with Crippen molar-refractivity contribution in [1.82, 2.24) is 9.80 Å². The number of benzene rings is 1. The van der Waals surface area contributed by atoms with Crippen LogP contribution in [0.3, 0.4) is 0 Å².